The highest BCUT2D eigenvalue weighted by Gasteiger charge is 2.22. The van der Waals surface area contributed by atoms with Gasteiger partial charge in [-0.05, 0) is 58.0 Å². The van der Waals surface area contributed by atoms with Crippen molar-refractivity contribution in [2.24, 2.45) is 0 Å². The topological polar surface area (TPSA) is 75.0 Å². The fourth-order valence-electron chi connectivity index (χ4n) is 5.34. The second-order valence-electron chi connectivity index (χ2n) is 10.2. The van der Waals surface area contributed by atoms with E-state index >= 15 is 0 Å². The lowest BCUT2D eigenvalue weighted by atomic mass is 10.1. The van der Waals surface area contributed by atoms with E-state index in [-0.39, 0.29) is 23.2 Å². The van der Waals surface area contributed by atoms with E-state index in [4.69, 9.17) is 0 Å². The fourth-order valence-corrected chi connectivity index (χ4v) is 5.34. The van der Waals surface area contributed by atoms with Crippen LogP contribution in [0.3, 0.4) is 0 Å². The average molecular weight is 521 g/mol. The van der Waals surface area contributed by atoms with E-state index in [9.17, 15) is 8.78 Å². The first-order valence-electron chi connectivity index (χ1n) is 13.1. The van der Waals surface area contributed by atoms with Crippen LogP contribution in [0.2, 0.25) is 0 Å². The number of rotatable bonds is 7. The molecule has 1 aliphatic rings. The van der Waals surface area contributed by atoms with Gasteiger partial charge in [-0.15, -0.1) is 0 Å². The van der Waals surface area contributed by atoms with Gasteiger partial charge in [-0.25, -0.2) is 28.7 Å². The SMILES string of the molecule is CCN1CCN(Cc2ccc(Nc3ncc(F)c(-c4cc(F)c5nc(C)n(C(C)C)c5c4)n3)nc2)C[C@@H]1C. The lowest BCUT2D eigenvalue weighted by Gasteiger charge is -2.39. The van der Waals surface area contributed by atoms with Gasteiger partial charge in [-0.1, -0.05) is 13.0 Å². The minimum absolute atomic E-state index is 0.00872. The third kappa shape index (κ3) is 5.23. The van der Waals surface area contributed by atoms with E-state index in [0.717, 1.165) is 44.5 Å². The Morgan fingerprint density at radius 2 is 1.87 bits per heavy atom. The van der Waals surface area contributed by atoms with Crippen LogP contribution in [0.4, 0.5) is 20.5 Å². The first kappa shape index (κ1) is 26.1. The maximum atomic E-state index is 15.0. The van der Waals surface area contributed by atoms with Gasteiger partial charge in [-0.2, -0.15) is 0 Å². The Kier molecular flexibility index (Phi) is 7.36. The Labute approximate surface area is 221 Å². The summed E-state index contributed by atoms with van der Waals surface area (Å²) in [5, 5.41) is 3.05. The Hall–Kier alpha value is -3.50. The maximum absolute atomic E-state index is 15.0. The number of aryl methyl sites for hydroxylation is 1. The van der Waals surface area contributed by atoms with E-state index in [1.807, 2.05) is 43.7 Å². The molecule has 1 N–H and O–H groups in total. The number of nitrogens with one attached hydrogen (secondary N) is 1. The second kappa shape index (κ2) is 10.7. The maximum Gasteiger partial charge on any atom is 0.229 e. The molecule has 0 bridgehead atoms. The van der Waals surface area contributed by atoms with Gasteiger partial charge in [0.1, 0.15) is 22.9 Å². The number of anilines is 2. The van der Waals surface area contributed by atoms with Crippen LogP contribution < -0.4 is 5.32 Å². The van der Waals surface area contributed by atoms with Gasteiger partial charge in [-0.3, -0.25) is 9.80 Å². The molecule has 200 valence electrons. The summed E-state index contributed by atoms with van der Waals surface area (Å²) in [7, 11) is 0. The molecule has 10 heteroatoms. The van der Waals surface area contributed by atoms with E-state index in [0.29, 0.717) is 28.8 Å². The largest absolute Gasteiger partial charge is 0.326 e. The molecule has 4 aromatic rings. The van der Waals surface area contributed by atoms with Crippen LogP contribution in [0, 0.1) is 18.6 Å². The summed E-state index contributed by atoms with van der Waals surface area (Å²) >= 11 is 0. The number of hydrogen-bond donors (Lipinski definition) is 1. The quantitative estimate of drug-likeness (QED) is 0.353. The van der Waals surface area contributed by atoms with Crippen molar-refractivity contribution >= 4 is 22.8 Å². The van der Waals surface area contributed by atoms with Crippen LogP contribution in [0.1, 0.15) is 45.1 Å². The van der Waals surface area contributed by atoms with E-state index < -0.39 is 11.6 Å². The van der Waals surface area contributed by atoms with Crippen LogP contribution in [0.15, 0.2) is 36.7 Å². The molecule has 0 aliphatic carbocycles. The van der Waals surface area contributed by atoms with Crippen molar-refractivity contribution in [2.45, 2.75) is 53.2 Å². The average Bonchev–Trinajstić information content (AvgIpc) is 3.23. The van der Waals surface area contributed by atoms with Crippen LogP contribution in [0.25, 0.3) is 22.3 Å². The monoisotopic (exact) mass is 520 g/mol. The summed E-state index contributed by atoms with van der Waals surface area (Å²) in [6.07, 6.45) is 2.92. The molecule has 0 unspecified atom stereocenters. The van der Waals surface area contributed by atoms with Gasteiger partial charge < -0.3 is 9.88 Å². The predicted octanol–water partition coefficient (Wildman–Crippen LogP) is 5.33. The number of nitrogens with zero attached hydrogens (tertiary/aromatic N) is 7. The normalized spacial score (nSPS) is 17.0. The molecule has 1 aliphatic heterocycles. The molecule has 1 atom stereocenters. The Morgan fingerprint density at radius 1 is 1.05 bits per heavy atom. The summed E-state index contributed by atoms with van der Waals surface area (Å²) in [6.45, 7) is 15.4. The zero-order valence-electron chi connectivity index (χ0n) is 22.5. The summed E-state index contributed by atoms with van der Waals surface area (Å²) in [5.41, 5.74) is 2.31. The summed E-state index contributed by atoms with van der Waals surface area (Å²) in [6, 6.07) is 7.49. The molecule has 0 radical (unpaired) electrons. The first-order valence-corrected chi connectivity index (χ1v) is 13.1. The molecule has 8 nitrogen and oxygen atoms in total. The molecule has 1 fully saturated rings. The molecule has 1 saturated heterocycles. The summed E-state index contributed by atoms with van der Waals surface area (Å²) in [4.78, 5) is 22.2. The Balaban J connectivity index is 1.34. The molecule has 5 rings (SSSR count). The first-order chi connectivity index (χ1) is 18.2. The number of imidazole rings is 1. The lowest BCUT2D eigenvalue weighted by Crippen LogP contribution is -2.51. The molecule has 38 heavy (non-hydrogen) atoms. The van der Waals surface area contributed by atoms with Crippen molar-refractivity contribution in [3.05, 3.63) is 59.7 Å². The van der Waals surface area contributed by atoms with Gasteiger partial charge in [0.2, 0.25) is 5.95 Å². The number of likely N-dealkylation sites (N-methyl/N-ethyl adjacent to an activating group) is 1. The van der Waals surface area contributed by atoms with E-state index in [1.54, 1.807) is 6.07 Å². The van der Waals surface area contributed by atoms with Gasteiger partial charge in [0.05, 0.1) is 11.7 Å². The fraction of sp³-hybridized carbons (Fsp3) is 0.429. The minimum atomic E-state index is -0.637. The Bertz CT molecular complexity index is 1430. The molecule has 4 heterocycles. The van der Waals surface area contributed by atoms with Crippen molar-refractivity contribution in [1.82, 2.24) is 34.3 Å². The highest BCUT2D eigenvalue weighted by molar-refractivity contribution is 5.83. The number of aromatic nitrogens is 5. The van der Waals surface area contributed by atoms with Crippen LogP contribution >= 0.6 is 0 Å². The van der Waals surface area contributed by atoms with Crippen molar-refractivity contribution in [3.63, 3.8) is 0 Å². The van der Waals surface area contributed by atoms with Crippen LogP contribution in [-0.4, -0.2) is 66.5 Å². The zero-order valence-corrected chi connectivity index (χ0v) is 22.5. The van der Waals surface area contributed by atoms with E-state index in [1.165, 1.54) is 6.07 Å². The highest BCUT2D eigenvalue weighted by atomic mass is 19.1. The lowest BCUT2D eigenvalue weighted by molar-refractivity contribution is 0.0834. The number of fused-ring (bicyclic) bond motifs is 1. The molecule has 1 aromatic carbocycles. The third-order valence-electron chi connectivity index (χ3n) is 7.19. The van der Waals surface area contributed by atoms with E-state index in [2.05, 4.69) is 48.9 Å². The number of piperazine rings is 1. The van der Waals surface area contributed by atoms with Crippen molar-refractivity contribution in [3.8, 4) is 11.3 Å². The molecule has 0 spiro atoms. The minimum Gasteiger partial charge on any atom is -0.326 e. The van der Waals surface area contributed by atoms with Crippen molar-refractivity contribution in [1.29, 1.82) is 0 Å². The van der Waals surface area contributed by atoms with Gasteiger partial charge in [0, 0.05) is 50.0 Å². The van der Waals surface area contributed by atoms with Gasteiger partial charge in [0.15, 0.2) is 11.6 Å². The Morgan fingerprint density at radius 3 is 2.55 bits per heavy atom. The predicted molar refractivity (Wildman–Crippen MR) is 145 cm³/mol. The molecular weight excluding hydrogens is 486 g/mol. The smallest absolute Gasteiger partial charge is 0.229 e. The molecule has 0 amide bonds. The summed E-state index contributed by atoms with van der Waals surface area (Å²) < 4.78 is 31.7. The highest BCUT2D eigenvalue weighted by Crippen LogP contribution is 2.30. The number of hydrogen-bond acceptors (Lipinski definition) is 7. The van der Waals surface area contributed by atoms with Crippen molar-refractivity contribution < 1.29 is 8.78 Å². The third-order valence-corrected chi connectivity index (χ3v) is 7.19. The van der Waals surface area contributed by atoms with Crippen molar-refractivity contribution in [2.75, 3.05) is 31.5 Å². The number of halogens is 2. The molecule has 3 aromatic heterocycles. The standard InChI is InChI=1S/C28H34F2N8/c1-6-37-10-9-36(15-18(37)4)16-20-7-8-25(31-13-20)34-28-32-14-23(30)26(35-28)21-11-22(29)27-24(12-21)38(17(2)3)19(5)33-27/h7-8,11-14,17-18H,6,9-10,15-16H2,1-5H3,(H,31,32,34,35)/t18-/m0/s1. The second-order valence-corrected chi connectivity index (χ2v) is 10.2. The number of pyridine rings is 1. The zero-order chi connectivity index (χ0) is 27.0. The number of benzene rings is 1. The van der Waals surface area contributed by atoms with Gasteiger partial charge in [0.25, 0.3) is 0 Å². The van der Waals surface area contributed by atoms with Gasteiger partial charge >= 0.3 is 0 Å². The van der Waals surface area contributed by atoms with Crippen LogP contribution in [-0.2, 0) is 6.54 Å². The van der Waals surface area contributed by atoms with Crippen LogP contribution in [0.5, 0.6) is 0 Å². The summed E-state index contributed by atoms with van der Waals surface area (Å²) in [5.74, 6) is 0.271. The molecular formula is C28H34F2N8. The molecule has 0 saturated carbocycles.